The highest BCUT2D eigenvalue weighted by Gasteiger charge is 2.41. The van der Waals surface area contributed by atoms with E-state index in [2.05, 4.69) is 4.72 Å². The zero-order valence-electron chi connectivity index (χ0n) is 10.1. The van der Waals surface area contributed by atoms with Crippen LogP contribution in [0.1, 0.15) is 37.2 Å². The van der Waals surface area contributed by atoms with Gasteiger partial charge in [-0.1, -0.05) is 0 Å². The Morgan fingerprint density at radius 1 is 1.44 bits per heavy atom. The average Bonchev–Trinajstić information content (AvgIpc) is 2.94. The quantitative estimate of drug-likeness (QED) is 0.846. The van der Waals surface area contributed by atoms with Crippen molar-refractivity contribution >= 4 is 16.0 Å². The van der Waals surface area contributed by atoms with Gasteiger partial charge in [-0.2, -0.15) is 0 Å². The SMILES string of the molecule is CC(C)(NS(=O)(=O)c1ccc(C(=O)O)o1)C1CC1. The number of carboxylic acid groups (broad SMARTS) is 1. The first-order valence-electron chi connectivity index (χ1n) is 5.59. The summed E-state index contributed by atoms with van der Waals surface area (Å²) in [6.07, 6.45) is 1.99. The summed E-state index contributed by atoms with van der Waals surface area (Å²) in [4.78, 5) is 10.6. The molecule has 2 rings (SSSR count). The minimum atomic E-state index is -3.82. The number of carboxylic acids is 1. The van der Waals surface area contributed by atoms with Crippen molar-refractivity contribution in [3.05, 3.63) is 17.9 Å². The van der Waals surface area contributed by atoms with Crippen molar-refractivity contribution in [1.82, 2.24) is 4.72 Å². The molecule has 0 amide bonds. The van der Waals surface area contributed by atoms with Crippen molar-refractivity contribution in [3.63, 3.8) is 0 Å². The Morgan fingerprint density at radius 3 is 2.50 bits per heavy atom. The first-order chi connectivity index (χ1) is 8.22. The molecule has 1 fully saturated rings. The summed E-state index contributed by atoms with van der Waals surface area (Å²) in [5, 5.41) is 8.32. The molecule has 1 aliphatic carbocycles. The van der Waals surface area contributed by atoms with Gasteiger partial charge in [0, 0.05) is 5.54 Å². The zero-order valence-corrected chi connectivity index (χ0v) is 11.0. The number of furan rings is 1. The van der Waals surface area contributed by atoms with Crippen LogP contribution in [0.25, 0.3) is 0 Å². The molecule has 1 aromatic heterocycles. The molecule has 100 valence electrons. The van der Waals surface area contributed by atoms with Crippen molar-refractivity contribution < 1.29 is 22.7 Å². The molecule has 0 spiro atoms. The van der Waals surface area contributed by atoms with Gasteiger partial charge in [-0.25, -0.2) is 17.9 Å². The van der Waals surface area contributed by atoms with E-state index in [1.807, 2.05) is 13.8 Å². The fourth-order valence-electron chi connectivity index (χ4n) is 1.86. The van der Waals surface area contributed by atoms with E-state index in [4.69, 9.17) is 9.52 Å². The van der Waals surface area contributed by atoms with Gasteiger partial charge in [0.1, 0.15) is 0 Å². The van der Waals surface area contributed by atoms with E-state index in [0.717, 1.165) is 25.0 Å². The number of hydrogen-bond donors (Lipinski definition) is 2. The van der Waals surface area contributed by atoms with Crippen LogP contribution >= 0.6 is 0 Å². The summed E-state index contributed by atoms with van der Waals surface area (Å²) in [7, 11) is -3.82. The number of hydrogen-bond acceptors (Lipinski definition) is 4. The number of nitrogens with one attached hydrogen (secondary N) is 1. The first-order valence-corrected chi connectivity index (χ1v) is 7.08. The maximum Gasteiger partial charge on any atom is 0.371 e. The molecule has 0 saturated heterocycles. The standard InChI is InChI=1S/C11H15NO5S/c1-11(2,7-3-4-7)12-18(15,16)9-6-5-8(17-9)10(13)14/h5-7,12H,3-4H2,1-2H3,(H,13,14). The lowest BCUT2D eigenvalue weighted by atomic mass is 10.0. The van der Waals surface area contributed by atoms with Crippen molar-refractivity contribution in [1.29, 1.82) is 0 Å². The van der Waals surface area contributed by atoms with Crippen LogP contribution in [-0.2, 0) is 10.0 Å². The highest BCUT2D eigenvalue weighted by Crippen LogP contribution is 2.39. The molecule has 18 heavy (non-hydrogen) atoms. The van der Waals surface area contributed by atoms with Gasteiger partial charge in [0.2, 0.25) is 10.9 Å². The Bertz CT molecular complexity index is 568. The number of rotatable bonds is 5. The maximum absolute atomic E-state index is 12.0. The first kappa shape index (κ1) is 13.1. The molecule has 2 N–H and O–H groups in total. The maximum atomic E-state index is 12.0. The molecule has 1 saturated carbocycles. The Morgan fingerprint density at radius 2 is 2.06 bits per heavy atom. The second-order valence-electron chi connectivity index (χ2n) is 5.03. The predicted molar refractivity (Wildman–Crippen MR) is 62.8 cm³/mol. The third kappa shape index (κ3) is 2.56. The van der Waals surface area contributed by atoms with Crippen LogP contribution in [0.15, 0.2) is 21.6 Å². The minimum Gasteiger partial charge on any atom is -0.475 e. The summed E-state index contributed by atoms with van der Waals surface area (Å²) in [5.74, 6) is -1.36. The van der Waals surface area contributed by atoms with Gasteiger partial charge in [0.05, 0.1) is 0 Å². The summed E-state index contributed by atoms with van der Waals surface area (Å²) < 4.78 is 31.4. The van der Waals surface area contributed by atoms with Gasteiger partial charge in [-0.05, 0) is 44.7 Å². The molecule has 7 heteroatoms. The highest BCUT2D eigenvalue weighted by atomic mass is 32.2. The van der Waals surface area contributed by atoms with Crippen molar-refractivity contribution in [3.8, 4) is 0 Å². The largest absolute Gasteiger partial charge is 0.475 e. The monoisotopic (exact) mass is 273 g/mol. The fourth-order valence-corrected chi connectivity index (χ4v) is 3.27. The lowest BCUT2D eigenvalue weighted by Gasteiger charge is -2.24. The normalized spacial score (nSPS) is 16.8. The van der Waals surface area contributed by atoms with E-state index in [0.29, 0.717) is 5.92 Å². The highest BCUT2D eigenvalue weighted by molar-refractivity contribution is 7.89. The molecule has 0 radical (unpaired) electrons. The predicted octanol–water partition coefficient (Wildman–Crippen LogP) is 1.44. The van der Waals surface area contributed by atoms with Crippen LogP contribution in [0.5, 0.6) is 0 Å². The summed E-state index contributed by atoms with van der Waals surface area (Å²) in [6.45, 7) is 3.62. The van der Waals surface area contributed by atoms with Gasteiger partial charge < -0.3 is 9.52 Å². The molecular weight excluding hydrogens is 258 g/mol. The topological polar surface area (TPSA) is 96.6 Å². The van der Waals surface area contributed by atoms with Crippen LogP contribution < -0.4 is 4.72 Å². The Balaban J connectivity index is 2.22. The molecular formula is C11H15NO5S. The van der Waals surface area contributed by atoms with Gasteiger partial charge in [-0.15, -0.1) is 0 Å². The van der Waals surface area contributed by atoms with E-state index < -0.39 is 21.5 Å². The number of aromatic carboxylic acids is 1. The lowest BCUT2D eigenvalue weighted by Crippen LogP contribution is -2.44. The van der Waals surface area contributed by atoms with E-state index in [1.165, 1.54) is 0 Å². The number of sulfonamides is 1. The van der Waals surface area contributed by atoms with Gasteiger partial charge in [-0.3, -0.25) is 0 Å². The average molecular weight is 273 g/mol. The van der Waals surface area contributed by atoms with E-state index in [-0.39, 0.29) is 10.9 Å². The van der Waals surface area contributed by atoms with E-state index >= 15 is 0 Å². The lowest BCUT2D eigenvalue weighted by molar-refractivity contribution is 0.0656. The van der Waals surface area contributed by atoms with Gasteiger partial charge in [0.25, 0.3) is 10.0 Å². The molecule has 0 aliphatic heterocycles. The Labute approximate surface area is 105 Å². The molecule has 1 aromatic rings. The minimum absolute atomic E-state index is 0.321. The smallest absolute Gasteiger partial charge is 0.371 e. The van der Waals surface area contributed by atoms with Crippen molar-refractivity contribution in [2.45, 2.75) is 37.3 Å². The molecule has 1 aliphatic rings. The second-order valence-corrected chi connectivity index (χ2v) is 6.64. The van der Waals surface area contributed by atoms with E-state index in [9.17, 15) is 13.2 Å². The molecule has 0 bridgehead atoms. The van der Waals surface area contributed by atoms with Crippen molar-refractivity contribution in [2.75, 3.05) is 0 Å². The van der Waals surface area contributed by atoms with Crippen LogP contribution in [0.3, 0.4) is 0 Å². The number of carbonyl (C=O) groups is 1. The summed E-state index contributed by atoms with van der Waals surface area (Å²) >= 11 is 0. The van der Waals surface area contributed by atoms with Crippen LogP contribution in [-0.4, -0.2) is 25.0 Å². The molecule has 1 heterocycles. The van der Waals surface area contributed by atoms with Crippen molar-refractivity contribution in [2.24, 2.45) is 5.92 Å². The summed E-state index contributed by atoms with van der Waals surface area (Å²) in [5.41, 5.74) is -0.547. The Hall–Kier alpha value is -1.34. The molecule has 0 atom stereocenters. The second kappa shape index (κ2) is 4.10. The van der Waals surface area contributed by atoms with Crippen LogP contribution in [0.2, 0.25) is 0 Å². The van der Waals surface area contributed by atoms with E-state index in [1.54, 1.807) is 0 Å². The van der Waals surface area contributed by atoms with Gasteiger partial charge >= 0.3 is 5.97 Å². The molecule has 0 aromatic carbocycles. The fraction of sp³-hybridized carbons (Fsp3) is 0.545. The van der Waals surface area contributed by atoms with Crippen LogP contribution in [0, 0.1) is 5.92 Å². The third-order valence-corrected chi connectivity index (χ3v) is 4.60. The Kier molecular flexibility index (Phi) is 2.98. The van der Waals surface area contributed by atoms with Gasteiger partial charge in [0.15, 0.2) is 0 Å². The summed E-state index contributed by atoms with van der Waals surface area (Å²) in [6, 6.07) is 2.27. The molecule has 6 nitrogen and oxygen atoms in total. The zero-order chi connectivity index (χ0) is 13.6. The van der Waals surface area contributed by atoms with Crippen LogP contribution in [0.4, 0.5) is 0 Å². The molecule has 0 unspecified atom stereocenters. The third-order valence-electron chi connectivity index (χ3n) is 3.05.